The second kappa shape index (κ2) is 11.9. The highest BCUT2D eigenvalue weighted by molar-refractivity contribution is 6.04. The van der Waals surface area contributed by atoms with E-state index >= 15 is 0 Å². The van der Waals surface area contributed by atoms with Crippen LogP contribution in [-0.4, -0.2) is 54.5 Å². The van der Waals surface area contributed by atoms with Crippen molar-refractivity contribution >= 4 is 27.9 Å². The summed E-state index contributed by atoms with van der Waals surface area (Å²) in [7, 11) is 1.97. The van der Waals surface area contributed by atoms with Gasteiger partial charge in [0, 0.05) is 49.4 Å². The van der Waals surface area contributed by atoms with Gasteiger partial charge in [-0.15, -0.1) is 0 Å². The standard InChI is InChI=1S/C33H42N4O3/c1-23(28(22-34)31(38)35-33(5,6)14-17-40-32(2,3)4)29-12-13-30(36(29)7)26-9-8-25-21-27(11-10-24(25)20-26)37-15-18-39-19-16-37/h8-13,20-21H,14-19H2,1-7H3,(H,35,38)/b28-23+. The van der Waals surface area contributed by atoms with Gasteiger partial charge in [0.25, 0.3) is 5.91 Å². The van der Waals surface area contributed by atoms with E-state index in [4.69, 9.17) is 9.47 Å². The summed E-state index contributed by atoms with van der Waals surface area (Å²) in [6.45, 7) is 15.6. The van der Waals surface area contributed by atoms with Gasteiger partial charge in [-0.25, -0.2) is 0 Å². The van der Waals surface area contributed by atoms with Crippen LogP contribution in [-0.2, 0) is 21.3 Å². The van der Waals surface area contributed by atoms with Gasteiger partial charge in [-0.05, 0) is 100 Å². The molecule has 1 aliphatic heterocycles. The third kappa shape index (κ3) is 6.93. The van der Waals surface area contributed by atoms with Gasteiger partial charge in [0.2, 0.25) is 0 Å². The molecule has 1 amide bonds. The molecule has 7 heteroatoms. The smallest absolute Gasteiger partial charge is 0.262 e. The fraction of sp³-hybridized carbons (Fsp3) is 0.455. The van der Waals surface area contributed by atoms with Crippen molar-refractivity contribution in [2.75, 3.05) is 37.8 Å². The Morgan fingerprint density at radius 1 is 1.02 bits per heavy atom. The average molecular weight is 543 g/mol. The number of benzene rings is 2. The number of allylic oxidation sites excluding steroid dienone is 1. The minimum atomic E-state index is -0.517. The number of carbonyl (C=O) groups is 1. The van der Waals surface area contributed by atoms with Gasteiger partial charge in [0.05, 0.1) is 18.8 Å². The van der Waals surface area contributed by atoms with Crippen LogP contribution >= 0.6 is 0 Å². The van der Waals surface area contributed by atoms with E-state index < -0.39 is 5.54 Å². The number of nitrogens with zero attached hydrogens (tertiary/aromatic N) is 3. The molecular weight excluding hydrogens is 500 g/mol. The second-order valence-corrected chi connectivity index (χ2v) is 12.2. The molecule has 1 saturated heterocycles. The zero-order valence-corrected chi connectivity index (χ0v) is 24.9. The lowest BCUT2D eigenvalue weighted by atomic mass is 9.99. The fourth-order valence-corrected chi connectivity index (χ4v) is 5.07. The minimum Gasteiger partial charge on any atom is -0.378 e. The zero-order valence-electron chi connectivity index (χ0n) is 24.9. The van der Waals surface area contributed by atoms with Crippen LogP contribution < -0.4 is 10.2 Å². The highest BCUT2D eigenvalue weighted by Crippen LogP contribution is 2.31. The highest BCUT2D eigenvalue weighted by atomic mass is 16.5. The molecule has 1 aliphatic rings. The summed E-state index contributed by atoms with van der Waals surface area (Å²) in [5, 5.41) is 15.3. The van der Waals surface area contributed by atoms with Gasteiger partial charge >= 0.3 is 0 Å². The van der Waals surface area contributed by atoms with E-state index in [2.05, 4.69) is 52.7 Å². The van der Waals surface area contributed by atoms with Gasteiger partial charge in [-0.3, -0.25) is 4.79 Å². The number of aromatic nitrogens is 1. The Morgan fingerprint density at radius 3 is 2.38 bits per heavy atom. The van der Waals surface area contributed by atoms with Crippen molar-refractivity contribution in [1.29, 1.82) is 5.26 Å². The van der Waals surface area contributed by atoms with Gasteiger partial charge in [-0.1, -0.05) is 18.2 Å². The molecule has 1 N–H and O–H groups in total. The van der Waals surface area contributed by atoms with Gasteiger partial charge in [-0.2, -0.15) is 5.26 Å². The van der Waals surface area contributed by atoms with Gasteiger partial charge in [0.15, 0.2) is 0 Å². The van der Waals surface area contributed by atoms with Crippen molar-refractivity contribution in [3.63, 3.8) is 0 Å². The van der Waals surface area contributed by atoms with Crippen molar-refractivity contribution in [2.24, 2.45) is 7.05 Å². The maximum Gasteiger partial charge on any atom is 0.262 e. The maximum absolute atomic E-state index is 13.2. The van der Waals surface area contributed by atoms with E-state index in [9.17, 15) is 10.1 Å². The maximum atomic E-state index is 13.2. The number of nitrogens with one attached hydrogen (secondary N) is 1. The number of nitriles is 1. The molecule has 3 aromatic rings. The molecule has 212 valence electrons. The van der Waals surface area contributed by atoms with Gasteiger partial charge < -0.3 is 24.3 Å². The lowest BCUT2D eigenvalue weighted by molar-refractivity contribution is -0.118. The molecule has 2 aromatic carbocycles. The number of fused-ring (bicyclic) bond motifs is 1. The van der Waals surface area contributed by atoms with Crippen LogP contribution in [0.4, 0.5) is 5.69 Å². The molecule has 0 unspecified atom stereocenters. The molecule has 1 fully saturated rings. The quantitative estimate of drug-likeness (QED) is 0.276. The largest absolute Gasteiger partial charge is 0.378 e. The summed E-state index contributed by atoms with van der Waals surface area (Å²) >= 11 is 0. The average Bonchev–Trinajstić information content (AvgIpc) is 3.28. The molecule has 0 radical (unpaired) electrons. The van der Waals surface area contributed by atoms with E-state index in [-0.39, 0.29) is 17.1 Å². The van der Waals surface area contributed by atoms with Crippen molar-refractivity contribution < 1.29 is 14.3 Å². The third-order valence-electron chi connectivity index (χ3n) is 7.43. The highest BCUT2D eigenvalue weighted by Gasteiger charge is 2.25. The first-order chi connectivity index (χ1) is 18.9. The van der Waals surface area contributed by atoms with Crippen LogP contribution in [0, 0.1) is 11.3 Å². The molecule has 0 spiro atoms. The normalized spacial score (nSPS) is 15.1. The van der Waals surface area contributed by atoms with Crippen LogP contribution in [0.1, 0.15) is 53.7 Å². The van der Waals surface area contributed by atoms with E-state index in [0.717, 1.165) is 43.3 Å². The van der Waals surface area contributed by atoms with Crippen LogP contribution in [0.5, 0.6) is 0 Å². The number of hydrogen-bond acceptors (Lipinski definition) is 5. The van der Waals surface area contributed by atoms with Crippen LogP contribution in [0.2, 0.25) is 0 Å². The topological polar surface area (TPSA) is 79.5 Å². The number of hydrogen-bond donors (Lipinski definition) is 1. The number of amides is 1. The van der Waals surface area contributed by atoms with Crippen molar-refractivity contribution in [3.8, 4) is 17.3 Å². The van der Waals surface area contributed by atoms with Crippen LogP contribution in [0.15, 0.2) is 54.1 Å². The molecular formula is C33H42N4O3. The van der Waals surface area contributed by atoms with Crippen molar-refractivity contribution in [3.05, 3.63) is 59.8 Å². The van der Waals surface area contributed by atoms with Crippen LogP contribution in [0.25, 0.3) is 27.6 Å². The zero-order chi connectivity index (χ0) is 29.1. The first-order valence-corrected chi connectivity index (χ1v) is 14.0. The Kier molecular flexibility index (Phi) is 8.72. The monoisotopic (exact) mass is 542 g/mol. The Balaban J connectivity index is 1.54. The van der Waals surface area contributed by atoms with E-state index in [0.29, 0.717) is 18.6 Å². The SMILES string of the molecule is C/C(=C(/C#N)C(=O)NC(C)(C)CCOC(C)(C)C)c1ccc(-c2ccc3cc(N4CCOCC4)ccc3c2)n1C. The van der Waals surface area contributed by atoms with Gasteiger partial charge in [0.1, 0.15) is 11.6 Å². The molecule has 0 bridgehead atoms. The first-order valence-electron chi connectivity index (χ1n) is 14.0. The van der Waals surface area contributed by atoms with E-state index in [1.165, 1.54) is 16.5 Å². The summed E-state index contributed by atoms with van der Waals surface area (Å²) < 4.78 is 13.4. The molecule has 0 saturated carbocycles. The summed E-state index contributed by atoms with van der Waals surface area (Å²) in [6.07, 6.45) is 0.637. The number of morpholine rings is 1. The number of anilines is 1. The first kappa shape index (κ1) is 29.4. The molecule has 0 atom stereocenters. The number of ether oxygens (including phenoxy) is 2. The lowest BCUT2D eigenvalue weighted by Crippen LogP contribution is -2.45. The second-order valence-electron chi connectivity index (χ2n) is 12.2. The summed E-state index contributed by atoms with van der Waals surface area (Å²) in [6, 6.07) is 19.2. The fourth-order valence-electron chi connectivity index (χ4n) is 5.07. The Hall–Kier alpha value is -3.60. The number of carbonyl (C=O) groups excluding carboxylic acids is 1. The summed E-state index contributed by atoms with van der Waals surface area (Å²) in [4.78, 5) is 15.5. The van der Waals surface area contributed by atoms with Crippen LogP contribution in [0.3, 0.4) is 0 Å². The molecule has 7 nitrogen and oxygen atoms in total. The predicted octanol–water partition coefficient (Wildman–Crippen LogP) is 6.08. The summed E-state index contributed by atoms with van der Waals surface area (Å²) in [5.41, 5.74) is 4.16. The summed E-state index contributed by atoms with van der Waals surface area (Å²) in [5.74, 6) is -0.370. The minimum absolute atomic E-state index is 0.117. The Labute approximate surface area is 238 Å². The lowest BCUT2D eigenvalue weighted by Gasteiger charge is -2.29. The van der Waals surface area contributed by atoms with E-state index in [1.54, 1.807) is 0 Å². The van der Waals surface area contributed by atoms with E-state index in [1.807, 2.05) is 65.3 Å². The molecule has 0 aliphatic carbocycles. The molecule has 1 aromatic heterocycles. The Morgan fingerprint density at radius 2 is 1.70 bits per heavy atom. The molecule has 2 heterocycles. The van der Waals surface area contributed by atoms with Crippen molar-refractivity contribution in [1.82, 2.24) is 9.88 Å². The predicted molar refractivity (Wildman–Crippen MR) is 162 cm³/mol. The van der Waals surface area contributed by atoms with Crippen molar-refractivity contribution in [2.45, 2.75) is 59.1 Å². The third-order valence-corrected chi connectivity index (χ3v) is 7.43. The molecule has 4 rings (SSSR count). The number of rotatable bonds is 8. The molecule has 40 heavy (non-hydrogen) atoms. The Bertz CT molecular complexity index is 1450.